The standard InChI is InChI=1S/C12H16ClNO/c1-12(2)10(11(12)14)9-7(13)5-4-6-8(9)15-3/h4-6,10-11H,14H2,1-3H3/t10-,11-/m1/s1. The van der Waals surface area contributed by atoms with Crippen molar-refractivity contribution in [2.24, 2.45) is 11.1 Å². The predicted octanol–water partition coefficient (Wildman–Crippen LogP) is 2.80. The lowest BCUT2D eigenvalue weighted by Crippen LogP contribution is -2.06. The van der Waals surface area contributed by atoms with Gasteiger partial charge in [-0.25, -0.2) is 0 Å². The van der Waals surface area contributed by atoms with Crippen LogP contribution in [0, 0.1) is 5.41 Å². The molecule has 1 aliphatic rings. The molecule has 0 amide bonds. The summed E-state index contributed by atoms with van der Waals surface area (Å²) >= 11 is 6.20. The average Bonchev–Trinajstić information content (AvgIpc) is 2.66. The Kier molecular flexibility index (Phi) is 2.44. The monoisotopic (exact) mass is 225 g/mol. The van der Waals surface area contributed by atoms with E-state index in [2.05, 4.69) is 13.8 Å². The van der Waals surface area contributed by atoms with Crippen LogP contribution in [0.15, 0.2) is 18.2 Å². The summed E-state index contributed by atoms with van der Waals surface area (Å²) in [6.45, 7) is 4.32. The second-order valence-corrected chi connectivity index (χ2v) is 5.09. The molecule has 2 nitrogen and oxygen atoms in total. The zero-order chi connectivity index (χ0) is 11.2. The van der Waals surface area contributed by atoms with Gasteiger partial charge in [0.1, 0.15) is 5.75 Å². The summed E-state index contributed by atoms with van der Waals surface area (Å²) in [5, 5.41) is 0.750. The average molecular weight is 226 g/mol. The Hall–Kier alpha value is -0.730. The third kappa shape index (κ3) is 1.52. The first-order valence-electron chi connectivity index (χ1n) is 5.08. The molecule has 3 heteroatoms. The van der Waals surface area contributed by atoms with Crippen molar-refractivity contribution in [1.82, 2.24) is 0 Å². The highest BCUT2D eigenvalue weighted by molar-refractivity contribution is 6.31. The molecule has 1 aliphatic carbocycles. The van der Waals surface area contributed by atoms with Gasteiger partial charge in [0, 0.05) is 22.5 Å². The van der Waals surface area contributed by atoms with Crippen molar-refractivity contribution in [2.75, 3.05) is 7.11 Å². The first kappa shape index (κ1) is 10.8. The van der Waals surface area contributed by atoms with Crippen molar-refractivity contribution in [3.8, 4) is 5.75 Å². The molecule has 1 aromatic carbocycles. The Morgan fingerprint density at radius 2 is 2.00 bits per heavy atom. The number of rotatable bonds is 2. The van der Waals surface area contributed by atoms with E-state index in [0.29, 0.717) is 5.92 Å². The highest BCUT2D eigenvalue weighted by Gasteiger charge is 2.57. The maximum absolute atomic E-state index is 6.20. The SMILES string of the molecule is COc1cccc(Cl)c1[C@@H]1[C@@H](N)C1(C)C. The van der Waals surface area contributed by atoms with E-state index in [1.54, 1.807) is 7.11 Å². The molecule has 2 atom stereocenters. The third-order valence-corrected chi connectivity index (χ3v) is 3.78. The van der Waals surface area contributed by atoms with Gasteiger partial charge in [-0.2, -0.15) is 0 Å². The maximum Gasteiger partial charge on any atom is 0.123 e. The molecule has 0 aliphatic heterocycles. The summed E-state index contributed by atoms with van der Waals surface area (Å²) in [4.78, 5) is 0. The van der Waals surface area contributed by atoms with E-state index in [9.17, 15) is 0 Å². The number of nitrogens with two attached hydrogens (primary N) is 1. The van der Waals surface area contributed by atoms with Crippen LogP contribution in [0.4, 0.5) is 0 Å². The van der Waals surface area contributed by atoms with Crippen molar-refractivity contribution in [3.63, 3.8) is 0 Å². The van der Waals surface area contributed by atoms with E-state index in [1.165, 1.54) is 0 Å². The zero-order valence-corrected chi connectivity index (χ0v) is 10.0. The fourth-order valence-corrected chi connectivity index (χ4v) is 2.51. The minimum absolute atomic E-state index is 0.123. The van der Waals surface area contributed by atoms with Crippen molar-refractivity contribution < 1.29 is 4.74 Å². The summed E-state index contributed by atoms with van der Waals surface area (Å²) in [6.07, 6.45) is 0. The van der Waals surface area contributed by atoms with Crippen molar-refractivity contribution >= 4 is 11.6 Å². The van der Waals surface area contributed by atoms with E-state index < -0.39 is 0 Å². The lowest BCUT2D eigenvalue weighted by Gasteiger charge is -2.11. The second-order valence-electron chi connectivity index (χ2n) is 4.68. The number of ether oxygens (including phenoxy) is 1. The topological polar surface area (TPSA) is 35.2 Å². The molecule has 0 aromatic heterocycles. The number of hydrogen-bond acceptors (Lipinski definition) is 2. The molecule has 15 heavy (non-hydrogen) atoms. The van der Waals surface area contributed by atoms with Crippen molar-refractivity contribution in [3.05, 3.63) is 28.8 Å². The van der Waals surface area contributed by atoms with Gasteiger partial charge in [-0.1, -0.05) is 31.5 Å². The minimum atomic E-state index is 0.123. The minimum Gasteiger partial charge on any atom is -0.496 e. The molecule has 1 fully saturated rings. The third-order valence-electron chi connectivity index (χ3n) is 3.45. The smallest absolute Gasteiger partial charge is 0.123 e. The predicted molar refractivity (Wildman–Crippen MR) is 62.5 cm³/mol. The van der Waals surface area contributed by atoms with E-state index >= 15 is 0 Å². The van der Waals surface area contributed by atoms with E-state index in [4.69, 9.17) is 22.1 Å². The van der Waals surface area contributed by atoms with Crippen LogP contribution in [0.1, 0.15) is 25.3 Å². The Bertz CT molecular complexity index is 389. The highest BCUT2D eigenvalue weighted by atomic mass is 35.5. The molecule has 0 spiro atoms. The molecule has 82 valence electrons. The first-order valence-corrected chi connectivity index (χ1v) is 5.46. The number of halogens is 1. The number of hydrogen-bond donors (Lipinski definition) is 1. The molecular weight excluding hydrogens is 210 g/mol. The quantitative estimate of drug-likeness (QED) is 0.840. The molecule has 1 aromatic rings. The fraction of sp³-hybridized carbons (Fsp3) is 0.500. The Balaban J connectivity index is 2.45. The molecule has 0 radical (unpaired) electrons. The van der Waals surface area contributed by atoms with Crippen LogP contribution in [-0.4, -0.2) is 13.2 Å². The van der Waals surface area contributed by atoms with E-state index in [0.717, 1.165) is 16.3 Å². The van der Waals surface area contributed by atoms with Crippen LogP contribution in [-0.2, 0) is 0 Å². The summed E-state index contributed by atoms with van der Waals surface area (Å²) in [5.74, 6) is 1.15. The molecular formula is C12H16ClNO. The van der Waals surface area contributed by atoms with Gasteiger partial charge in [-0.15, -0.1) is 0 Å². The molecule has 0 heterocycles. The summed E-state index contributed by atoms with van der Waals surface area (Å²) in [7, 11) is 1.66. The van der Waals surface area contributed by atoms with Gasteiger partial charge in [0.2, 0.25) is 0 Å². The fourth-order valence-electron chi connectivity index (χ4n) is 2.23. The van der Waals surface area contributed by atoms with Gasteiger partial charge >= 0.3 is 0 Å². The Morgan fingerprint density at radius 1 is 1.40 bits per heavy atom. The largest absolute Gasteiger partial charge is 0.496 e. The molecule has 0 unspecified atom stereocenters. The molecule has 0 bridgehead atoms. The Morgan fingerprint density at radius 3 is 2.47 bits per heavy atom. The van der Waals surface area contributed by atoms with Gasteiger partial charge in [-0.3, -0.25) is 0 Å². The van der Waals surface area contributed by atoms with Crippen LogP contribution in [0.25, 0.3) is 0 Å². The van der Waals surface area contributed by atoms with Gasteiger partial charge in [0.15, 0.2) is 0 Å². The molecule has 0 saturated heterocycles. The van der Waals surface area contributed by atoms with Crippen LogP contribution in [0.2, 0.25) is 5.02 Å². The van der Waals surface area contributed by atoms with E-state index in [-0.39, 0.29) is 11.5 Å². The van der Waals surface area contributed by atoms with Crippen LogP contribution in [0.3, 0.4) is 0 Å². The second kappa shape index (κ2) is 3.39. The normalized spacial score (nSPS) is 27.5. The van der Waals surface area contributed by atoms with Gasteiger partial charge in [-0.05, 0) is 17.5 Å². The molecule has 2 rings (SSSR count). The van der Waals surface area contributed by atoms with E-state index in [1.807, 2.05) is 18.2 Å². The van der Waals surface area contributed by atoms with Crippen molar-refractivity contribution in [2.45, 2.75) is 25.8 Å². The summed E-state index contributed by atoms with van der Waals surface area (Å²) in [6, 6.07) is 5.89. The number of methoxy groups -OCH3 is 1. The van der Waals surface area contributed by atoms with Crippen molar-refractivity contribution in [1.29, 1.82) is 0 Å². The zero-order valence-electron chi connectivity index (χ0n) is 9.25. The van der Waals surface area contributed by atoms with Gasteiger partial charge in [0.25, 0.3) is 0 Å². The lowest BCUT2D eigenvalue weighted by atomic mass is 10.0. The summed E-state index contributed by atoms with van der Waals surface area (Å²) < 4.78 is 5.33. The van der Waals surface area contributed by atoms with Gasteiger partial charge < -0.3 is 10.5 Å². The molecule has 1 saturated carbocycles. The van der Waals surface area contributed by atoms with Crippen LogP contribution < -0.4 is 10.5 Å². The van der Waals surface area contributed by atoms with Gasteiger partial charge in [0.05, 0.1) is 7.11 Å². The van der Waals surface area contributed by atoms with Crippen LogP contribution >= 0.6 is 11.6 Å². The lowest BCUT2D eigenvalue weighted by molar-refractivity contribution is 0.407. The molecule has 2 N–H and O–H groups in total. The number of benzene rings is 1. The van der Waals surface area contributed by atoms with Crippen LogP contribution in [0.5, 0.6) is 5.75 Å². The highest BCUT2D eigenvalue weighted by Crippen LogP contribution is 2.60. The Labute approximate surface area is 95.4 Å². The summed E-state index contributed by atoms with van der Waals surface area (Å²) in [5.41, 5.74) is 7.23. The maximum atomic E-state index is 6.20. The first-order chi connectivity index (χ1) is 7.00.